The molecule has 76 valence electrons. The molecule has 1 aromatic rings. The highest BCUT2D eigenvalue weighted by Crippen LogP contribution is 2.12. The van der Waals surface area contributed by atoms with Crippen LogP contribution < -0.4 is 11.1 Å². The van der Waals surface area contributed by atoms with Crippen molar-refractivity contribution in [3.63, 3.8) is 0 Å². The highest BCUT2D eigenvalue weighted by atomic mass is 16.2. The van der Waals surface area contributed by atoms with Gasteiger partial charge >= 0.3 is 0 Å². The Hall–Kier alpha value is -1.42. The Bertz CT molecular complexity index is 347. The summed E-state index contributed by atoms with van der Waals surface area (Å²) in [6, 6.07) is 3.18. The van der Waals surface area contributed by atoms with Crippen LogP contribution in [0.3, 0.4) is 0 Å². The molecule has 0 saturated carbocycles. The molecular weight excluding hydrogens is 178 g/mol. The first-order chi connectivity index (χ1) is 6.50. The fourth-order valence-electron chi connectivity index (χ4n) is 1.07. The average molecular weight is 193 g/mol. The van der Waals surface area contributed by atoms with Gasteiger partial charge in [-0.2, -0.15) is 0 Å². The Labute approximate surface area is 83.5 Å². The van der Waals surface area contributed by atoms with Gasteiger partial charge in [0, 0.05) is 5.69 Å². The van der Waals surface area contributed by atoms with Crippen molar-refractivity contribution in [1.29, 1.82) is 0 Å². The molecule has 0 aromatic carbocycles. The number of anilines is 1. The minimum atomic E-state index is -0.504. The lowest BCUT2D eigenvalue weighted by Gasteiger charge is -2.09. The molecule has 0 aliphatic carbocycles. The van der Waals surface area contributed by atoms with E-state index in [0.717, 1.165) is 17.1 Å². The first-order valence-corrected chi connectivity index (χ1v) is 4.51. The zero-order chi connectivity index (χ0) is 10.7. The van der Waals surface area contributed by atoms with Crippen molar-refractivity contribution < 1.29 is 4.79 Å². The number of hydrogen-bond acceptors (Lipinski definition) is 3. The molecule has 0 unspecified atom stereocenters. The van der Waals surface area contributed by atoms with Crippen molar-refractivity contribution in [2.24, 2.45) is 5.73 Å². The molecule has 1 amide bonds. The fraction of sp³-hybridized carbons (Fsp3) is 0.400. The number of hydrogen-bond donors (Lipinski definition) is 2. The molecule has 14 heavy (non-hydrogen) atoms. The summed E-state index contributed by atoms with van der Waals surface area (Å²) >= 11 is 0. The molecule has 0 saturated heterocycles. The van der Waals surface area contributed by atoms with Gasteiger partial charge in [-0.05, 0) is 32.9 Å². The van der Waals surface area contributed by atoms with Gasteiger partial charge in [0.25, 0.3) is 0 Å². The second kappa shape index (κ2) is 4.19. The van der Waals surface area contributed by atoms with Gasteiger partial charge < -0.3 is 11.1 Å². The third-order valence-corrected chi connectivity index (χ3v) is 1.90. The molecule has 4 nitrogen and oxygen atoms in total. The van der Waals surface area contributed by atoms with Crippen molar-refractivity contribution in [3.8, 4) is 0 Å². The summed E-state index contributed by atoms with van der Waals surface area (Å²) in [5.74, 6) is -0.196. The SMILES string of the molecule is Cc1ccc(NC(=O)[C@@H](C)N)c(C)n1. The number of nitrogens with two attached hydrogens (primary N) is 1. The molecule has 1 rings (SSSR count). The Morgan fingerprint density at radius 1 is 1.50 bits per heavy atom. The van der Waals surface area contributed by atoms with E-state index in [0.29, 0.717) is 0 Å². The third kappa shape index (κ3) is 2.53. The zero-order valence-corrected chi connectivity index (χ0v) is 8.66. The number of aromatic nitrogens is 1. The van der Waals surface area contributed by atoms with E-state index >= 15 is 0 Å². The predicted octanol–water partition coefficient (Wildman–Crippen LogP) is 0.984. The Morgan fingerprint density at radius 3 is 2.64 bits per heavy atom. The lowest BCUT2D eigenvalue weighted by molar-refractivity contribution is -0.117. The van der Waals surface area contributed by atoms with Crippen LogP contribution in [-0.4, -0.2) is 16.9 Å². The number of nitrogens with zero attached hydrogens (tertiary/aromatic N) is 1. The molecule has 0 radical (unpaired) electrons. The van der Waals surface area contributed by atoms with E-state index in [1.165, 1.54) is 0 Å². The second-order valence-corrected chi connectivity index (χ2v) is 3.36. The van der Waals surface area contributed by atoms with Gasteiger partial charge in [-0.15, -0.1) is 0 Å². The van der Waals surface area contributed by atoms with Crippen molar-refractivity contribution in [2.75, 3.05) is 5.32 Å². The number of rotatable bonds is 2. The normalized spacial score (nSPS) is 12.3. The Balaban J connectivity index is 2.82. The first-order valence-electron chi connectivity index (χ1n) is 4.51. The summed E-state index contributed by atoms with van der Waals surface area (Å²) in [5.41, 5.74) is 7.89. The second-order valence-electron chi connectivity index (χ2n) is 3.36. The minimum absolute atomic E-state index is 0.196. The number of carbonyl (C=O) groups excluding carboxylic acids is 1. The molecule has 0 aliphatic heterocycles. The van der Waals surface area contributed by atoms with Crippen LogP contribution in [0.15, 0.2) is 12.1 Å². The minimum Gasteiger partial charge on any atom is -0.323 e. The maximum atomic E-state index is 11.3. The van der Waals surface area contributed by atoms with Crippen LogP contribution in [0.2, 0.25) is 0 Å². The van der Waals surface area contributed by atoms with Crippen LogP contribution in [0.4, 0.5) is 5.69 Å². The van der Waals surface area contributed by atoms with Gasteiger partial charge in [0.1, 0.15) is 0 Å². The quantitative estimate of drug-likeness (QED) is 0.735. The van der Waals surface area contributed by atoms with Gasteiger partial charge in [0.05, 0.1) is 17.4 Å². The third-order valence-electron chi connectivity index (χ3n) is 1.90. The van der Waals surface area contributed by atoms with E-state index in [4.69, 9.17) is 5.73 Å². The van der Waals surface area contributed by atoms with Crippen molar-refractivity contribution in [2.45, 2.75) is 26.8 Å². The van der Waals surface area contributed by atoms with Gasteiger partial charge in [-0.3, -0.25) is 9.78 Å². The maximum Gasteiger partial charge on any atom is 0.241 e. The smallest absolute Gasteiger partial charge is 0.241 e. The monoisotopic (exact) mass is 193 g/mol. The zero-order valence-electron chi connectivity index (χ0n) is 8.66. The number of amides is 1. The number of carbonyl (C=O) groups is 1. The van der Waals surface area contributed by atoms with Crippen LogP contribution in [0.5, 0.6) is 0 Å². The number of aryl methyl sites for hydroxylation is 2. The lowest BCUT2D eigenvalue weighted by Crippen LogP contribution is -2.32. The van der Waals surface area contributed by atoms with E-state index in [2.05, 4.69) is 10.3 Å². The predicted molar refractivity (Wildman–Crippen MR) is 56.0 cm³/mol. The number of nitrogens with one attached hydrogen (secondary N) is 1. The molecule has 1 atom stereocenters. The Morgan fingerprint density at radius 2 is 2.14 bits per heavy atom. The van der Waals surface area contributed by atoms with Crippen LogP contribution in [0, 0.1) is 13.8 Å². The molecule has 0 spiro atoms. The van der Waals surface area contributed by atoms with Gasteiger partial charge in [-0.25, -0.2) is 0 Å². The van der Waals surface area contributed by atoms with Crippen LogP contribution >= 0.6 is 0 Å². The van der Waals surface area contributed by atoms with Gasteiger partial charge in [0.15, 0.2) is 0 Å². The fourth-order valence-corrected chi connectivity index (χ4v) is 1.07. The standard InChI is InChI=1S/C10H15N3O/c1-6-4-5-9(8(3)12-6)13-10(14)7(2)11/h4-5,7H,11H2,1-3H3,(H,13,14)/t7-/m1/s1. The summed E-state index contributed by atoms with van der Waals surface area (Å²) in [6.45, 7) is 5.40. The Kier molecular flexibility index (Phi) is 3.19. The van der Waals surface area contributed by atoms with Crippen molar-refractivity contribution >= 4 is 11.6 Å². The lowest BCUT2D eigenvalue weighted by atomic mass is 10.2. The first kappa shape index (κ1) is 10.7. The molecule has 1 heterocycles. The molecule has 3 N–H and O–H groups in total. The molecule has 0 fully saturated rings. The summed E-state index contributed by atoms with van der Waals surface area (Å²) in [6.07, 6.45) is 0. The van der Waals surface area contributed by atoms with Crippen LogP contribution in [0.25, 0.3) is 0 Å². The largest absolute Gasteiger partial charge is 0.323 e. The van der Waals surface area contributed by atoms with E-state index < -0.39 is 6.04 Å². The highest BCUT2D eigenvalue weighted by molar-refractivity contribution is 5.94. The summed E-state index contributed by atoms with van der Waals surface area (Å²) in [5, 5.41) is 2.71. The molecule has 4 heteroatoms. The van der Waals surface area contributed by atoms with E-state index in [1.54, 1.807) is 6.92 Å². The van der Waals surface area contributed by atoms with E-state index in [1.807, 2.05) is 26.0 Å². The van der Waals surface area contributed by atoms with E-state index in [-0.39, 0.29) is 5.91 Å². The summed E-state index contributed by atoms with van der Waals surface area (Å²) in [7, 11) is 0. The van der Waals surface area contributed by atoms with Crippen LogP contribution in [-0.2, 0) is 4.79 Å². The van der Waals surface area contributed by atoms with Gasteiger partial charge in [-0.1, -0.05) is 0 Å². The summed E-state index contributed by atoms with van der Waals surface area (Å²) < 4.78 is 0. The van der Waals surface area contributed by atoms with Crippen LogP contribution in [0.1, 0.15) is 18.3 Å². The van der Waals surface area contributed by atoms with E-state index in [9.17, 15) is 4.79 Å². The van der Waals surface area contributed by atoms with Crippen molar-refractivity contribution in [1.82, 2.24) is 4.98 Å². The molecule has 0 bridgehead atoms. The average Bonchev–Trinajstić information content (AvgIpc) is 2.09. The summed E-state index contributed by atoms with van der Waals surface area (Å²) in [4.78, 5) is 15.5. The topological polar surface area (TPSA) is 68.0 Å². The number of pyridine rings is 1. The molecule has 1 aromatic heterocycles. The maximum absolute atomic E-state index is 11.3. The van der Waals surface area contributed by atoms with Crippen molar-refractivity contribution in [3.05, 3.63) is 23.5 Å². The van der Waals surface area contributed by atoms with Gasteiger partial charge in [0.2, 0.25) is 5.91 Å². The molecular formula is C10H15N3O. The highest BCUT2D eigenvalue weighted by Gasteiger charge is 2.09. The molecule has 0 aliphatic rings.